The van der Waals surface area contributed by atoms with E-state index in [1.165, 1.54) is 6.33 Å². The first-order chi connectivity index (χ1) is 9.24. The Morgan fingerprint density at radius 2 is 2.00 bits per heavy atom. The van der Waals surface area contributed by atoms with Gasteiger partial charge in [-0.2, -0.15) is 5.26 Å². The Labute approximate surface area is 116 Å². The van der Waals surface area contributed by atoms with E-state index in [9.17, 15) is 0 Å². The van der Waals surface area contributed by atoms with Gasteiger partial charge in [-0.15, -0.1) is 0 Å². The van der Waals surface area contributed by atoms with Gasteiger partial charge in [0.05, 0.1) is 12.5 Å². The molecule has 19 heavy (non-hydrogen) atoms. The molecule has 0 bridgehead atoms. The van der Waals surface area contributed by atoms with Gasteiger partial charge in [0, 0.05) is 12.2 Å². The molecule has 0 saturated heterocycles. The molecule has 0 aliphatic carbocycles. The number of benzene rings is 1. The van der Waals surface area contributed by atoms with Crippen molar-refractivity contribution in [1.29, 1.82) is 5.26 Å². The molecule has 1 heterocycles. The van der Waals surface area contributed by atoms with Gasteiger partial charge in [-0.1, -0.05) is 29.8 Å². The Bertz CT molecular complexity index is 594. The summed E-state index contributed by atoms with van der Waals surface area (Å²) in [6.07, 6.45) is 1.71. The van der Waals surface area contributed by atoms with Crippen molar-refractivity contribution in [2.24, 2.45) is 0 Å². The molecule has 96 valence electrons. The summed E-state index contributed by atoms with van der Waals surface area (Å²) in [7, 11) is 0. The molecule has 0 unspecified atom stereocenters. The molecule has 6 heteroatoms. The molecule has 1 aromatic carbocycles. The molecule has 5 nitrogen and oxygen atoms in total. The summed E-state index contributed by atoms with van der Waals surface area (Å²) in [5.41, 5.74) is 7.12. The van der Waals surface area contributed by atoms with E-state index in [0.29, 0.717) is 24.5 Å². The predicted molar refractivity (Wildman–Crippen MR) is 75.1 cm³/mol. The van der Waals surface area contributed by atoms with Crippen molar-refractivity contribution < 1.29 is 0 Å². The third-order valence-corrected chi connectivity index (χ3v) is 2.89. The van der Waals surface area contributed by atoms with Crippen LogP contribution in [0.15, 0.2) is 36.7 Å². The van der Waals surface area contributed by atoms with E-state index in [0.717, 1.165) is 5.69 Å². The summed E-state index contributed by atoms with van der Waals surface area (Å²) in [6, 6.07) is 11.7. The van der Waals surface area contributed by atoms with Crippen molar-refractivity contribution in [3.8, 4) is 6.07 Å². The van der Waals surface area contributed by atoms with Gasteiger partial charge in [0.25, 0.3) is 0 Å². The number of aromatic nitrogens is 2. The Morgan fingerprint density at radius 3 is 2.68 bits per heavy atom. The van der Waals surface area contributed by atoms with E-state index in [1.54, 1.807) is 0 Å². The zero-order valence-electron chi connectivity index (χ0n) is 10.1. The minimum absolute atomic E-state index is 0.211. The third-order valence-electron chi connectivity index (χ3n) is 2.59. The van der Waals surface area contributed by atoms with Crippen LogP contribution in [0.1, 0.15) is 6.42 Å². The Balaban J connectivity index is 2.44. The highest BCUT2D eigenvalue weighted by Crippen LogP contribution is 2.31. The highest BCUT2D eigenvalue weighted by molar-refractivity contribution is 6.32. The predicted octanol–water partition coefficient (Wildman–Crippen LogP) is 2.76. The van der Waals surface area contributed by atoms with Crippen molar-refractivity contribution in [3.63, 3.8) is 0 Å². The second kappa shape index (κ2) is 6.03. The number of halogens is 1. The van der Waals surface area contributed by atoms with Crippen LogP contribution in [0.5, 0.6) is 0 Å². The van der Waals surface area contributed by atoms with Gasteiger partial charge in [0.15, 0.2) is 11.0 Å². The number of rotatable bonds is 4. The molecule has 0 amide bonds. The minimum atomic E-state index is 0.211. The summed E-state index contributed by atoms with van der Waals surface area (Å²) in [4.78, 5) is 9.85. The topological polar surface area (TPSA) is 78.8 Å². The Kier molecular flexibility index (Phi) is 4.16. The molecule has 0 aliphatic heterocycles. The molecular weight excluding hydrogens is 262 g/mol. The molecular formula is C13H12ClN5. The lowest BCUT2D eigenvalue weighted by Gasteiger charge is -2.24. The van der Waals surface area contributed by atoms with Crippen LogP contribution in [0.4, 0.5) is 17.2 Å². The summed E-state index contributed by atoms with van der Waals surface area (Å²) in [6.45, 7) is 0.484. The maximum atomic E-state index is 8.77. The molecule has 0 radical (unpaired) electrons. The molecule has 2 aromatic rings. The highest BCUT2D eigenvalue weighted by Gasteiger charge is 2.15. The van der Waals surface area contributed by atoms with Gasteiger partial charge in [-0.3, -0.25) is 0 Å². The fourth-order valence-electron chi connectivity index (χ4n) is 1.71. The standard InChI is InChI=1S/C13H12ClN5/c14-12-11(16)13(18-9-17-12)19(8-4-7-15)10-5-2-1-3-6-10/h1-3,5-6,9H,4,8,16H2. The summed E-state index contributed by atoms with van der Waals surface area (Å²) in [5, 5.41) is 8.98. The number of hydrogen-bond acceptors (Lipinski definition) is 5. The maximum absolute atomic E-state index is 8.77. The number of para-hydroxylation sites is 1. The highest BCUT2D eigenvalue weighted by atomic mass is 35.5. The van der Waals surface area contributed by atoms with Crippen LogP contribution >= 0.6 is 11.6 Å². The first-order valence-corrected chi connectivity index (χ1v) is 6.07. The molecule has 2 N–H and O–H groups in total. The van der Waals surface area contributed by atoms with Crippen LogP contribution in [0.3, 0.4) is 0 Å². The number of nitrogens with zero attached hydrogens (tertiary/aromatic N) is 4. The molecule has 0 atom stereocenters. The number of nitrogens with two attached hydrogens (primary N) is 1. The van der Waals surface area contributed by atoms with E-state index in [1.807, 2.05) is 35.2 Å². The quantitative estimate of drug-likeness (QED) is 0.867. The smallest absolute Gasteiger partial charge is 0.161 e. The summed E-state index contributed by atoms with van der Waals surface area (Å²) < 4.78 is 0. The van der Waals surface area contributed by atoms with E-state index in [-0.39, 0.29) is 5.15 Å². The van der Waals surface area contributed by atoms with Crippen molar-refractivity contribution in [2.45, 2.75) is 6.42 Å². The molecule has 1 aromatic heterocycles. The number of nitriles is 1. The monoisotopic (exact) mass is 273 g/mol. The molecule has 0 fully saturated rings. The first-order valence-electron chi connectivity index (χ1n) is 5.69. The lowest BCUT2D eigenvalue weighted by atomic mass is 10.2. The van der Waals surface area contributed by atoms with E-state index >= 15 is 0 Å². The molecule has 0 aliphatic rings. The van der Waals surface area contributed by atoms with Crippen LogP contribution in [0, 0.1) is 11.3 Å². The largest absolute Gasteiger partial charge is 0.393 e. The minimum Gasteiger partial charge on any atom is -0.393 e. The maximum Gasteiger partial charge on any atom is 0.161 e. The van der Waals surface area contributed by atoms with Crippen molar-refractivity contribution in [3.05, 3.63) is 41.8 Å². The Morgan fingerprint density at radius 1 is 1.26 bits per heavy atom. The lowest BCUT2D eigenvalue weighted by Crippen LogP contribution is -2.21. The van der Waals surface area contributed by atoms with Crippen molar-refractivity contribution >= 4 is 28.8 Å². The van der Waals surface area contributed by atoms with Crippen LogP contribution in [0.2, 0.25) is 5.15 Å². The number of hydrogen-bond donors (Lipinski definition) is 1. The number of anilines is 3. The van der Waals surface area contributed by atoms with Crippen LogP contribution in [-0.4, -0.2) is 16.5 Å². The second-order valence-corrected chi connectivity index (χ2v) is 4.16. The van der Waals surface area contributed by atoms with E-state index in [4.69, 9.17) is 22.6 Å². The fourth-order valence-corrected chi connectivity index (χ4v) is 1.84. The van der Waals surface area contributed by atoms with Crippen molar-refractivity contribution in [1.82, 2.24) is 9.97 Å². The SMILES string of the molecule is N#CCCN(c1ccccc1)c1ncnc(Cl)c1N. The lowest BCUT2D eigenvalue weighted by molar-refractivity contribution is 0.922. The van der Waals surface area contributed by atoms with Gasteiger partial charge < -0.3 is 10.6 Å². The summed E-state index contributed by atoms with van der Waals surface area (Å²) >= 11 is 5.91. The van der Waals surface area contributed by atoms with Crippen LogP contribution < -0.4 is 10.6 Å². The van der Waals surface area contributed by atoms with Gasteiger partial charge >= 0.3 is 0 Å². The van der Waals surface area contributed by atoms with Gasteiger partial charge in [-0.05, 0) is 12.1 Å². The van der Waals surface area contributed by atoms with Crippen LogP contribution in [0.25, 0.3) is 0 Å². The third kappa shape index (κ3) is 2.92. The van der Waals surface area contributed by atoms with E-state index in [2.05, 4.69) is 16.0 Å². The first kappa shape index (κ1) is 13.1. The Hall–Kier alpha value is -2.32. The average molecular weight is 274 g/mol. The normalized spacial score (nSPS) is 9.89. The number of nitrogen functional groups attached to an aromatic ring is 1. The molecule has 0 spiro atoms. The van der Waals surface area contributed by atoms with Gasteiger partial charge in [0.2, 0.25) is 0 Å². The fraction of sp³-hybridized carbons (Fsp3) is 0.154. The molecule has 2 rings (SSSR count). The van der Waals surface area contributed by atoms with Crippen LogP contribution in [-0.2, 0) is 0 Å². The summed E-state index contributed by atoms with van der Waals surface area (Å²) in [5.74, 6) is 0.515. The zero-order valence-corrected chi connectivity index (χ0v) is 10.9. The molecule has 0 saturated carbocycles. The van der Waals surface area contributed by atoms with E-state index < -0.39 is 0 Å². The zero-order chi connectivity index (χ0) is 13.7. The van der Waals surface area contributed by atoms with Gasteiger partial charge in [0.1, 0.15) is 12.0 Å². The second-order valence-electron chi connectivity index (χ2n) is 3.80. The average Bonchev–Trinajstić information content (AvgIpc) is 2.45. The van der Waals surface area contributed by atoms with Crippen molar-refractivity contribution in [2.75, 3.05) is 17.2 Å². The van der Waals surface area contributed by atoms with Gasteiger partial charge in [-0.25, -0.2) is 9.97 Å².